The summed E-state index contributed by atoms with van der Waals surface area (Å²) in [5.74, 6) is -0.555. The molecule has 0 radical (unpaired) electrons. The number of ether oxygens (including phenoxy) is 1. The molecule has 0 atom stereocenters. The van der Waals surface area contributed by atoms with Crippen molar-refractivity contribution in [2.75, 3.05) is 29.1 Å². The summed E-state index contributed by atoms with van der Waals surface area (Å²) in [5, 5.41) is 7.39. The molecule has 0 saturated carbocycles. The summed E-state index contributed by atoms with van der Waals surface area (Å²) in [7, 11) is 1.80. The van der Waals surface area contributed by atoms with E-state index in [-0.39, 0.29) is 18.2 Å². The van der Waals surface area contributed by atoms with Crippen LogP contribution in [0.25, 0.3) is 11.3 Å². The van der Waals surface area contributed by atoms with Crippen LogP contribution < -0.4 is 20.3 Å². The summed E-state index contributed by atoms with van der Waals surface area (Å²) >= 11 is 1.16. The van der Waals surface area contributed by atoms with Crippen LogP contribution in [0.5, 0.6) is 5.75 Å². The van der Waals surface area contributed by atoms with E-state index in [4.69, 9.17) is 0 Å². The van der Waals surface area contributed by atoms with E-state index in [0.29, 0.717) is 27.6 Å². The molecular formula is C20H16F2N4O3S. The topological polar surface area (TPSA) is 83.6 Å². The lowest BCUT2D eigenvalue weighted by Crippen LogP contribution is -2.35. The van der Waals surface area contributed by atoms with Crippen LogP contribution in [0.3, 0.4) is 0 Å². The fourth-order valence-corrected chi connectivity index (χ4v) is 3.81. The molecule has 0 bridgehead atoms. The Morgan fingerprint density at radius 2 is 2.10 bits per heavy atom. The maximum Gasteiger partial charge on any atom is 0.387 e. The summed E-state index contributed by atoms with van der Waals surface area (Å²) in [6.07, 6.45) is 0. The molecule has 4 rings (SSSR count). The molecule has 0 fully saturated rings. The fraction of sp³-hybridized carbons (Fsp3) is 0.150. The van der Waals surface area contributed by atoms with Crippen molar-refractivity contribution in [2.24, 2.45) is 0 Å². The van der Waals surface area contributed by atoms with Crippen molar-refractivity contribution in [3.05, 3.63) is 53.4 Å². The number of hydrogen-bond acceptors (Lipinski definition) is 6. The monoisotopic (exact) mass is 430 g/mol. The number of fused-ring (bicyclic) bond motifs is 1. The third kappa shape index (κ3) is 4.08. The van der Waals surface area contributed by atoms with Gasteiger partial charge in [0.2, 0.25) is 5.91 Å². The standard InChI is InChI=1S/C20H16F2N4O3S/c1-26-9-17(27)23-13-8-11(6-7-15(13)26)18(28)25-20-24-14(10-30-20)12-4-2-3-5-16(12)29-19(21)22/h2-8,10,19H,9H2,1H3,(H,23,27)(H,24,25,28). The average molecular weight is 430 g/mol. The molecular weight excluding hydrogens is 414 g/mol. The number of carbonyl (C=O) groups is 2. The quantitative estimate of drug-likeness (QED) is 0.638. The van der Waals surface area contributed by atoms with Gasteiger partial charge in [0.15, 0.2) is 5.13 Å². The van der Waals surface area contributed by atoms with E-state index < -0.39 is 12.5 Å². The van der Waals surface area contributed by atoms with Gasteiger partial charge in [0.05, 0.1) is 23.6 Å². The van der Waals surface area contributed by atoms with E-state index in [1.807, 2.05) is 0 Å². The van der Waals surface area contributed by atoms with Crippen molar-refractivity contribution in [1.29, 1.82) is 0 Å². The molecule has 0 spiro atoms. The van der Waals surface area contributed by atoms with Crippen LogP contribution in [0.1, 0.15) is 10.4 Å². The van der Waals surface area contributed by atoms with E-state index in [1.165, 1.54) is 6.07 Å². The third-order valence-corrected chi connectivity index (χ3v) is 5.19. The molecule has 2 heterocycles. The molecule has 1 aliphatic heterocycles. The Morgan fingerprint density at radius 3 is 2.90 bits per heavy atom. The minimum Gasteiger partial charge on any atom is -0.434 e. The number of amides is 2. The van der Waals surface area contributed by atoms with Gasteiger partial charge in [-0.25, -0.2) is 4.98 Å². The average Bonchev–Trinajstić information content (AvgIpc) is 3.15. The fourth-order valence-electron chi connectivity index (χ4n) is 3.10. The van der Waals surface area contributed by atoms with Crippen molar-refractivity contribution >= 4 is 39.7 Å². The van der Waals surface area contributed by atoms with Gasteiger partial charge in [-0.2, -0.15) is 8.78 Å². The SMILES string of the molecule is CN1CC(=O)Nc2cc(C(=O)Nc3nc(-c4ccccc4OC(F)F)cs3)ccc21. The first kappa shape index (κ1) is 19.8. The van der Waals surface area contributed by atoms with Crippen LogP contribution in [0.2, 0.25) is 0 Å². The molecule has 2 N–H and O–H groups in total. The number of para-hydroxylation sites is 1. The second-order valence-corrected chi connectivity index (χ2v) is 7.36. The van der Waals surface area contributed by atoms with Crippen molar-refractivity contribution in [2.45, 2.75) is 6.61 Å². The van der Waals surface area contributed by atoms with Crippen LogP contribution in [0, 0.1) is 0 Å². The summed E-state index contributed by atoms with van der Waals surface area (Å²) in [6, 6.07) is 11.3. The van der Waals surface area contributed by atoms with Crippen LogP contribution in [-0.2, 0) is 4.79 Å². The van der Waals surface area contributed by atoms with Crippen LogP contribution >= 0.6 is 11.3 Å². The molecule has 3 aromatic rings. The Kier molecular flexibility index (Phi) is 5.32. The molecule has 2 aromatic carbocycles. The number of hydrogen-bond donors (Lipinski definition) is 2. The van der Waals surface area contributed by atoms with Gasteiger partial charge in [0.1, 0.15) is 5.75 Å². The third-order valence-electron chi connectivity index (χ3n) is 4.43. The van der Waals surface area contributed by atoms with Gasteiger partial charge in [-0.15, -0.1) is 11.3 Å². The molecule has 2 amide bonds. The maximum atomic E-state index is 12.6. The maximum absolute atomic E-state index is 12.6. The Bertz CT molecular complexity index is 1120. The van der Waals surface area contributed by atoms with Gasteiger partial charge in [0.25, 0.3) is 5.91 Å². The number of rotatable bonds is 5. The number of benzene rings is 2. The van der Waals surface area contributed by atoms with Crippen LogP contribution in [-0.4, -0.2) is 37.0 Å². The van der Waals surface area contributed by atoms with Crippen molar-refractivity contribution in [3.8, 4) is 17.0 Å². The minimum absolute atomic E-state index is 0.00484. The number of alkyl halides is 2. The largest absolute Gasteiger partial charge is 0.434 e. The summed E-state index contributed by atoms with van der Waals surface area (Å²) in [4.78, 5) is 30.5. The van der Waals surface area contributed by atoms with Gasteiger partial charge in [0, 0.05) is 23.6 Å². The van der Waals surface area contributed by atoms with Gasteiger partial charge < -0.3 is 15.0 Å². The first-order valence-corrected chi connectivity index (χ1v) is 9.75. The van der Waals surface area contributed by atoms with E-state index in [9.17, 15) is 18.4 Å². The van der Waals surface area contributed by atoms with Gasteiger partial charge in [-0.05, 0) is 30.3 Å². The molecule has 7 nitrogen and oxygen atoms in total. The predicted molar refractivity (Wildman–Crippen MR) is 110 cm³/mol. The van der Waals surface area contributed by atoms with Gasteiger partial charge in [-0.1, -0.05) is 12.1 Å². The summed E-state index contributed by atoms with van der Waals surface area (Å²) in [6.45, 7) is -2.70. The van der Waals surface area contributed by atoms with E-state index in [0.717, 1.165) is 17.0 Å². The second kappa shape index (κ2) is 8.07. The van der Waals surface area contributed by atoms with Crippen molar-refractivity contribution in [3.63, 3.8) is 0 Å². The van der Waals surface area contributed by atoms with Gasteiger partial charge >= 0.3 is 6.61 Å². The Labute approximate surface area is 174 Å². The normalized spacial score (nSPS) is 13.1. The number of likely N-dealkylation sites (N-methyl/N-ethyl adjacent to an activating group) is 1. The Hall–Kier alpha value is -3.53. The lowest BCUT2D eigenvalue weighted by atomic mass is 10.1. The first-order valence-electron chi connectivity index (χ1n) is 8.87. The van der Waals surface area contributed by atoms with Crippen molar-refractivity contribution < 1.29 is 23.1 Å². The summed E-state index contributed by atoms with van der Waals surface area (Å²) < 4.78 is 29.8. The Balaban J connectivity index is 1.53. The van der Waals surface area contributed by atoms with E-state index >= 15 is 0 Å². The number of carbonyl (C=O) groups excluding carboxylic acids is 2. The number of nitrogens with zero attached hydrogens (tertiary/aromatic N) is 2. The number of anilines is 3. The molecule has 1 aliphatic rings. The molecule has 10 heteroatoms. The number of nitrogens with one attached hydrogen (secondary N) is 2. The highest BCUT2D eigenvalue weighted by Crippen LogP contribution is 2.33. The zero-order valence-corrected chi connectivity index (χ0v) is 16.5. The molecule has 0 aliphatic carbocycles. The van der Waals surface area contributed by atoms with Crippen molar-refractivity contribution in [1.82, 2.24) is 4.98 Å². The lowest BCUT2D eigenvalue weighted by Gasteiger charge is -2.27. The van der Waals surface area contributed by atoms with Crippen LogP contribution in [0.15, 0.2) is 47.8 Å². The first-order chi connectivity index (χ1) is 14.4. The highest BCUT2D eigenvalue weighted by molar-refractivity contribution is 7.14. The predicted octanol–water partition coefficient (Wildman–Crippen LogP) is 4.05. The van der Waals surface area contributed by atoms with Gasteiger partial charge in [-0.3, -0.25) is 14.9 Å². The van der Waals surface area contributed by atoms with E-state index in [1.54, 1.807) is 53.7 Å². The smallest absolute Gasteiger partial charge is 0.387 e. The number of halogens is 2. The van der Waals surface area contributed by atoms with E-state index in [2.05, 4.69) is 20.4 Å². The second-order valence-electron chi connectivity index (χ2n) is 6.50. The number of aromatic nitrogens is 1. The lowest BCUT2D eigenvalue weighted by molar-refractivity contribution is -0.115. The molecule has 30 heavy (non-hydrogen) atoms. The Morgan fingerprint density at radius 1 is 1.30 bits per heavy atom. The highest BCUT2D eigenvalue weighted by atomic mass is 32.1. The molecule has 0 saturated heterocycles. The number of thiazole rings is 1. The molecule has 0 unspecified atom stereocenters. The molecule has 154 valence electrons. The summed E-state index contributed by atoms with van der Waals surface area (Å²) in [5.41, 5.74) is 2.53. The zero-order valence-electron chi connectivity index (χ0n) is 15.7. The molecule has 1 aromatic heterocycles. The highest BCUT2D eigenvalue weighted by Gasteiger charge is 2.21. The van der Waals surface area contributed by atoms with Crippen LogP contribution in [0.4, 0.5) is 25.3 Å². The minimum atomic E-state index is -2.95. The zero-order chi connectivity index (χ0) is 21.3.